The van der Waals surface area contributed by atoms with Gasteiger partial charge in [0.25, 0.3) is 0 Å². The Morgan fingerprint density at radius 2 is 1.69 bits per heavy atom. The smallest absolute Gasteiger partial charge is 0.142 e. The minimum atomic E-state index is -0.546. The van der Waals surface area contributed by atoms with E-state index in [1.165, 1.54) is 6.21 Å². The molecule has 1 aliphatic heterocycles. The lowest BCUT2D eigenvalue weighted by Crippen LogP contribution is -2.49. The second-order valence-electron chi connectivity index (χ2n) is 7.09. The van der Waals surface area contributed by atoms with Gasteiger partial charge in [0.1, 0.15) is 11.5 Å². The Balaban J connectivity index is 1.59. The summed E-state index contributed by atoms with van der Waals surface area (Å²) in [6.45, 7) is 4.07. The maximum Gasteiger partial charge on any atom is 0.142 e. The van der Waals surface area contributed by atoms with Crippen LogP contribution < -0.4 is 14.4 Å². The summed E-state index contributed by atoms with van der Waals surface area (Å²) in [4.78, 5) is 4.59. The first-order valence-corrected chi connectivity index (χ1v) is 9.78. The zero-order valence-electron chi connectivity index (χ0n) is 17.0. The van der Waals surface area contributed by atoms with Gasteiger partial charge in [-0.1, -0.05) is 29.4 Å². The van der Waals surface area contributed by atoms with Crippen LogP contribution in [0.2, 0.25) is 0 Å². The predicted octanol–water partition coefficient (Wildman–Crippen LogP) is 2.24. The lowest BCUT2D eigenvalue weighted by atomic mass is 10.0. The fraction of sp³-hybridized carbons (Fsp3) is 0.409. The molecule has 0 aromatic heterocycles. The molecular weight excluding hydrogens is 370 g/mol. The Labute approximate surface area is 171 Å². The van der Waals surface area contributed by atoms with Gasteiger partial charge in [0.15, 0.2) is 0 Å². The van der Waals surface area contributed by atoms with Crippen LogP contribution in [0.15, 0.2) is 47.6 Å². The van der Waals surface area contributed by atoms with Gasteiger partial charge in [-0.25, -0.2) is 0 Å². The first-order valence-electron chi connectivity index (χ1n) is 9.78. The molecule has 2 N–H and O–H groups in total. The van der Waals surface area contributed by atoms with Gasteiger partial charge in [0.2, 0.25) is 0 Å². The molecular formula is C22H29N3O4. The first-order chi connectivity index (χ1) is 14.2. The number of aliphatic hydroxyl groups is 1. The van der Waals surface area contributed by atoms with Crippen LogP contribution in [0.1, 0.15) is 11.1 Å². The van der Waals surface area contributed by atoms with Crippen molar-refractivity contribution in [1.29, 1.82) is 0 Å². The molecule has 7 heteroatoms. The van der Waals surface area contributed by atoms with E-state index in [0.717, 1.165) is 48.7 Å². The SMILES string of the molecule is COc1ccccc1N1CCN(CC(O)Cc2c(C=NO)cccc2OC)CC1. The molecule has 2 aromatic rings. The van der Waals surface area contributed by atoms with Crippen LogP contribution in [-0.4, -0.2) is 74.5 Å². The van der Waals surface area contributed by atoms with Crippen molar-refractivity contribution in [2.75, 3.05) is 51.8 Å². The summed E-state index contributed by atoms with van der Waals surface area (Å²) in [5, 5.41) is 22.7. The normalized spacial score (nSPS) is 16.2. The molecule has 0 saturated carbocycles. The lowest BCUT2D eigenvalue weighted by Gasteiger charge is -2.37. The third-order valence-electron chi connectivity index (χ3n) is 5.29. The Hall–Kier alpha value is -2.77. The zero-order valence-corrected chi connectivity index (χ0v) is 17.0. The highest BCUT2D eigenvalue weighted by Gasteiger charge is 2.22. The summed E-state index contributed by atoms with van der Waals surface area (Å²) in [5.74, 6) is 1.57. The van der Waals surface area contributed by atoms with Crippen molar-refractivity contribution >= 4 is 11.9 Å². The molecule has 0 radical (unpaired) electrons. The minimum Gasteiger partial charge on any atom is -0.496 e. The summed E-state index contributed by atoms with van der Waals surface area (Å²) >= 11 is 0. The molecule has 0 amide bonds. The number of nitrogens with zero attached hydrogens (tertiary/aromatic N) is 3. The molecule has 2 aromatic carbocycles. The quantitative estimate of drug-likeness (QED) is 0.403. The molecule has 1 fully saturated rings. The molecule has 0 aliphatic carbocycles. The number of ether oxygens (including phenoxy) is 2. The maximum atomic E-state index is 10.7. The summed E-state index contributed by atoms with van der Waals surface area (Å²) in [6, 6.07) is 13.6. The second kappa shape index (κ2) is 10.1. The minimum absolute atomic E-state index is 0.429. The monoisotopic (exact) mass is 399 g/mol. The van der Waals surface area contributed by atoms with E-state index in [0.29, 0.717) is 18.7 Å². The zero-order chi connectivity index (χ0) is 20.6. The standard InChI is InChI=1S/C22H29N3O4/c1-28-21-9-5-6-17(15-23-27)19(21)14-18(26)16-24-10-12-25(13-11-24)20-7-3-4-8-22(20)29-2/h3-9,15,18,26-27H,10-14,16H2,1-2H3. The van der Waals surface area contributed by atoms with E-state index in [2.05, 4.69) is 21.0 Å². The molecule has 1 atom stereocenters. The van der Waals surface area contributed by atoms with Crippen LogP contribution in [0.4, 0.5) is 5.69 Å². The summed E-state index contributed by atoms with van der Waals surface area (Å²) in [7, 11) is 3.29. The number of β-amino-alcohol motifs (C(OH)–C–C–N with tert-alkyl or cyclic N) is 1. The molecule has 0 spiro atoms. The topological polar surface area (TPSA) is 77.8 Å². The van der Waals surface area contributed by atoms with Crippen LogP contribution in [0.25, 0.3) is 0 Å². The van der Waals surface area contributed by atoms with Gasteiger partial charge in [-0.15, -0.1) is 0 Å². The van der Waals surface area contributed by atoms with E-state index in [1.54, 1.807) is 14.2 Å². The van der Waals surface area contributed by atoms with E-state index >= 15 is 0 Å². The first kappa shape index (κ1) is 21.0. The molecule has 156 valence electrons. The fourth-order valence-electron chi connectivity index (χ4n) is 3.84. The second-order valence-corrected chi connectivity index (χ2v) is 7.09. The van der Waals surface area contributed by atoms with Crippen LogP contribution in [0.5, 0.6) is 11.5 Å². The van der Waals surface area contributed by atoms with E-state index in [-0.39, 0.29) is 0 Å². The third kappa shape index (κ3) is 5.19. The molecule has 3 rings (SSSR count). The molecule has 1 heterocycles. The number of oxime groups is 1. The van der Waals surface area contributed by atoms with Crippen molar-refractivity contribution in [2.24, 2.45) is 5.16 Å². The average Bonchev–Trinajstić information content (AvgIpc) is 2.75. The number of rotatable bonds is 8. The van der Waals surface area contributed by atoms with Crippen LogP contribution in [0, 0.1) is 0 Å². The van der Waals surface area contributed by atoms with Gasteiger partial charge in [0, 0.05) is 50.3 Å². The van der Waals surface area contributed by atoms with Gasteiger partial charge < -0.3 is 24.7 Å². The van der Waals surface area contributed by atoms with Gasteiger partial charge in [-0.3, -0.25) is 4.90 Å². The molecule has 1 saturated heterocycles. The fourth-order valence-corrected chi connectivity index (χ4v) is 3.84. The van der Waals surface area contributed by atoms with Crippen molar-refractivity contribution < 1.29 is 19.8 Å². The number of aliphatic hydroxyl groups excluding tert-OH is 1. The van der Waals surface area contributed by atoms with Crippen molar-refractivity contribution in [3.05, 3.63) is 53.6 Å². The Morgan fingerprint density at radius 1 is 1.00 bits per heavy atom. The highest BCUT2D eigenvalue weighted by Crippen LogP contribution is 2.28. The number of methoxy groups -OCH3 is 2. The summed E-state index contributed by atoms with van der Waals surface area (Å²) in [6.07, 6.45) is 1.25. The number of hydrogen-bond donors (Lipinski definition) is 2. The lowest BCUT2D eigenvalue weighted by molar-refractivity contribution is 0.108. The van der Waals surface area contributed by atoms with E-state index < -0.39 is 6.10 Å². The molecule has 1 unspecified atom stereocenters. The van der Waals surface area contributed by atoms with E-state index in [9.17, 15) is 5.11 Å². The number of piperazine rings is 1. The molecule has 1 aliphatic rings. The Morgan fingerprint density at radius 3 is 2.38 bits per heavy atom. The molecule has 29 heavy (non-hydrogen) atoms. The predicted molar refractivity (Wildman–Crippen MR) is 114 cm³/mol. The maximum absolute atomic E-state index is 10.7. The average molecular weight is 399 g/mol. The molecule has 0 bridgehead atoms. The highest BCUT2D eigenvalue weighted by molar-refractivity contribution is 5.82. The van der Waals surface area contributed by atoms with Crippen molar-refractivity contribution in [3.63, 3.8) is 0 Å². The Kier molecular flexibility index (Phi) is 7.32. The van der Waals surface area contributed by atoms with Crippen molar-refractivity contribution in [3.8, 4) is 11.5 Å². The van der Waals surface area contributed by atoms with E-state index in [4.69, 9.17) is 14.7 Å². The van der Waals surface area contributed by atoms with Crippen LogP contribution in [-0.2, 0) is 6.42 Å². The number of anilines is 1. The molecule has 7 nitrogen and oxygen atoms in total. The van der Waals surface area contributed by atoms with Gasteiger partial charge >= 0.3 is 0 Å². The van der Waals surface area contributed by atoms with Crippen LogP contribution in [0.3, 0.4) is 0 Å². The van der Waals surface area contributed by atoms with Gasteiger partial charge in [0.05, 0.1) is 32.2 Å². The summed E-state index contributed by atoms with van der Waals surface area (Å²) < 4.78 is 10.9. The van der Waals surface area contributed by atoms with Crippen LogP contribution >= 0.6 is 0 Å². The van der Waals surface area contributed by atoms with E-state index in [1.807, 2.05) is 36.4 Å². The summed E-state index contributed by atoms with van der Waals surface area (Å²) in [5.41, 5.74) is 2.69. The Bertz CT molecular complexity index is 819. The van der Waals surface area contributed by atoms with Crippen molar-refractivity contribution in [2.45, 2.75) is 12.5 Å². The third-order valence-corrected chi connectivity index (χ3v) is 5.29. The highest BCUT2D eigenvalue weighted by atomic mass is 16.5. The van der Waals surface area contributed by atoms with Gasteiger partial charge in [-0.2, -0.15) is 0 Å². The van der Waals surface area contributed by atoms with Crippen molar-refractivity contribution in [1.82, 2.24) is 4.90 Å². The largest absolute Gasteiger partial charge is 0.496 e. The number of para-hydroxylation sites is 2. The number of hydrogen-bond acceptors (Lipinski definition) is 7. The number of benzene rings is 2. The van der Waals surface area contributed by atoms with Gasteiger partial charge in [-0.05, 0) is 18.2 Å².